The summed E-state index contributed by atoms with van der Waals surface area (Å²) in [6.07, 6.45) is -6.48. The van der Waals surface area contributed by atoms with Gasteiger partial charge in [-0.3, -0.25) is 4.79 Å². The van der Waals surface area contributed by atoms with Gasteiger partial charge < -0.3 is 54.7 Å². The van der Waals surface area contributed by atoms with Gasteiger partial charge in [0.2, 0.25) is 6.29 Å². The van der Waals surface area contributed by atoms with Crippen LogP contribution in [-0.2, 0) is 23.7 Å². The normalized spacial score (nSPS) is 54.9. The molecule has 0 amide bonds. The summed E-state index contributed by atoms with van der Waals surface area (Å²) in [5.74, 6) is -0.146. The molecule has 4 aliphatic carbocycles. The summed E-state index contributed by atoms with van der Waals surface area (Å²) in [5.41, 5.74) is -0.478. The minimum absolute atomic E-state index is 0.0543. The molecule has 7 N–H and O–H groups in total. The van der Waals surface area contributed by atoms with Crippen molar-refractivity contribution in [3.63, 3.8) is 0 Å². The van der Waals surface area contributed by atoms with Gasteiger partial charge in [-0.2, -0.15) is 0 Å². The molecule has 6 fully saturated rings. The highest BCUT2D eigenvalue weighted by Gasteiger charge is 2.69. The predicted octanol–water partition coefficient (Wildman–Crippen LogP) is -0.267. The van der Waals surface area contributed by atoms with Crippen LogP contribution in [0.25, 0.3) is 0 Å². The lowest BCUT2D eigenvalue weighted by molar-refractivity contribution is -0.301. The summed E-state index contributed by atoms with van der Waals surface area (Å²) in [5, 5.41) is 71.3. The van der Waals surface area contributed by atoms with Crippen molar-refractivity contribution in [3.05, 3.63) is 12.2 Å². The lowest BCUT2D eigenvalue weighted by Gasteiger charge is -2.64. The average molecular weight is 613 g/mol. The van der Waals surface area contributed by atoms with Gasteiger partial charge >= 0.3 is 5.97 Å². The van der Waals surface area contributed by atoms with E-state index in [0.29, 0.717) is 12.8 Å². The van der Waals surface area contributed by atoms with E-state index < -0.39 is 79.4 Å². The first-order chi connectivity index (χ1) is 20.3. The molecule has 0 unspecified atom stereocenters. The Labute approximate surface area is 251 Å². The monoisotopic (exact) mass is 612 g/mol. The summed E-state index contributed by atoms with van der Waals surface area (Å²) in [4.78, 5) is 14.0. The minimum atomic E-state index is -1.66. The third-order valence-corrected chi connectivity index (χ3v) is 12.4. The Balaban J connectivity index is 1.25. The molecular formula is C31H48O12. The lowest BCUT2D eigenvalue weighted by Crippen LogP contribution is -2.63. The number of ether oxygens (including phenoxy) is 4. The van der Waals surface area contributed by atoms with Crippen molar-refractivity contribution in [2.24, 2.45) is 34.0 Å². The molecule has 0 aromatic carbocycles. The van der Waals surface area contributed by atoms with Gasteiger partial charge in [0, 0.05) is 5.41 Å². The molecule has 6 aliphatic rings. The van der Waals surface area contributed by atoms with E-state index in [2.05, 4.69) is 13.5 Å². The molecule has 1 spiro atoms. The van der Waals surface area contributed by atoms with E-state index in [9.17, 15) is 40.5 Å². The zero-order valence-corrected chi connectivity index (χ0v) is 25.0. The molecule has 2 bridgehead atoms. The van der Waals surface area contributed by atoms with Crippen LogP contribution in [0.1, 0.15) is 65.2 Å². The summed E-state index contributed by atoms with van der Waals surface area (Å²) in [6, 6.07) is 0. The number of aliphatic hydroxyl groups excluding tert-OH is 7. The highest BCUT2D eigenvalue weighted by Crippen LogP contribution is 2.73. The van der Waals surface area contributed by atoms with Crippen molar-refractivity contribution in [2.75, 3.05) is 13.2 Å². The summed E-state index contributed by atoms with van der Waals surface area (Å²) >= 11 is 0. The fourth-order valence-electron chi connectivity index (χ4n) is 10.2. The summed E-state index contributed by atoms with van der Waals surface area (Å²) in [6.45, 7) is 7.84. The van der Waals surface area contributed by atoms with Crippen LogP contribution in [0.3, 0.4) is 0 Å². The summed E-state index contributed by atoms with van der Waals surface area (Å²) in [7, 11) is 0. The second-order valence-electron chi connectivity index (χ2n) is 14.6. The molecule has 4 saturated carbocycles. The Morgan fingerprint density at radius 1 is 0.907 bits per heavy atom. The predicted molar refractivity (Wildman–Crippen MR) is 148 cm³/mol. The lowest BCUT2D eigenvalue weighted by atomic mass is 9.40. The van der Waals surface area contributed by atoms with Crippen molar-refractivity contribution in [2.45, 2.75) is 127 Å². The molecule has 12 heteroatoms. The first-order valence-electron chi connectivity index (χ1n) is 15.8. The highest BCUT2D eigenvalue weighted by atomic mass is 16.7. The van der Waals surface area contributed by atoms with Crippen molar-refractivity contribution in [1.29, 1.82) is 0 Å². The van der Waals surface area contributed by atoms with Gasteiger partial charge in [-0.25, -0.2) is 0 Å². The number of hydrogen-bond donors (Lipinski definition) is 7. The van der Waals surface area contributed by atoms with Gasteiger partial charge in [0.05, 0.1) is 24.7 Å². The second kappa shape index (κ2) is 11.3. The first kappa shape index (κ1) is 31.8. The molecule has 0 aromatic heterocycles. The van der Waals surface area contributed by atoms with Gasteiger partial charge in [-0.05, 0) is 80.6 Å². The maximum absolute atomic E-state index is 14.0. The Bertz CT molecular complexity index is 1080. The Kier molecular flexibility index (Phi) is 8.32. The van der Waals surface area contributed by atoms with Crippen LogP contribution in [0.5, 0.6) is 0 Å². The van der Waals surface area contributed by atoms with Crippen LogP contribution < -0.4 is 0 Å². The van der Waals surface area contributed by atoms with E-state index in [1.807, 2.05) is 6.92 Å². The van der Waals surface area contributed by atoms with E-state index >= 15 is 0 Å². The maximum atomic E-state index is 14.0. The zero-order chi connectivity index (χ0) is 31.1. The maximum Gasteiger partial charge on any atom is 0.314 e. The minimum Gasteiger partial charge on any atom is -0.432 e. The van der Waals surface area contributed by atoms with Crippen LogP contribution in [0.4, 0.5) is 0 Å². The van der Waals surface area contributed by atoms with Gasteiger partial charge in [0.25, 0.3) is 0 Å². The third-order valence-electron chi connectivity index (χ3n) is 12.4. The van der Waals surface area contributed by atoms with Crippen LogP contribution in [0.15, 0.2) is 12.2 Å². The molecule has 2 aliphatic heterocycles. The molecule has 43 heavy (non-hydrogen) atoms. The molecule has 0 radical (unpaired) electrons. The number of aliphatic hydroxyl groups is 7. The van der Waals surface area contributed by atoms with Crippen LogP contribution >= 0.6 is 0 Å². The van der Waals surface area contributed by atoms with Crippen molar-refractivity contribution in [3.8, 4) is 0 Å². The van der Waals surface area contributed by atoms with Crippen molar-refractivity contribution < 1.29 is 59.5 Å². The SMILES string of the molecule is C=C1[C@@H]2CC[C@H]3[C@]4(C)CCC[C@@](C)(C(=O)O[C@@H]5O[C@H](CO)[C@@H](O)[C@H](O)[C@H]5O)[C@H]4CC[C@]3(C2)[C@@H]1O[C@@H]1OC[C@H](O)[C@H](O)[C@H]1O. The van der Waals surface area contributed by atoms with E-state index in [4.69, 9.17) is 18.9 Å². The molecule has 2 saturated heterocycles. The van der Waals surface area contributed by atoms with Gasteiger partial charge in [-0.15, -0.1) is 0 Å². The van der Waals surface area contributed by atoms with E-state index in [1.54, 1.807) is 0 Å². The van der Waals surface area contributed by atoms with E-state index in [1.165, 1.54) is 0 Å². The number of hydrogen-bond acceptors (Lipinski definition) is 12. The molecule has 2 heterocycles. The largest absolute Gasteiger partial charge is 0.432 e. The third kappa shape index (κ3) is 4.75. The fourth-order valence-corrected chi connectivity index (χ4v) is 10.2. The first-order valence-corrected chi connectivity index (χ1v) is 15.8. The fraction of sp³-hybridized carbons (Fsp3) is 0.903. The van der Waals surface area contributed by atoms with Crippen molar-refractivity contribution >= 4 is 5.97 Å². The number of carbonyl (C=O) groups excluding carboxylic acids is 1. The summed E-state index contributed by atoms with van der Waals surface area (Å²) < 4.78 is 23.4. The number of esters is 1. The molecule has 0 aromatic rings. The average Bonchev–Trinajstić information content (AvgIpc) is 3.17. The Morgan fingerprint density at radius 2 is 1.63 bits per heavy atom. The van der Waals surface area contributed by atoms with Crippen molar-refractivity contribution in [1.82, 2.24) is 0 Å². The molecule has 6 rings (SSSR count). The van der Waals surface area contributed by atoms with Crippen LogP contribution in [-0.4, -0.2) is 116 Å². The standard InChI is InChI=1S/C31H48O12/c1-14-15-5-6-19-29(2)8-4-9-30(3,28(39)43-27-24(38)22(36)21(35)17(12-32)41-27)18(29)7-10-31(19,11-15)25(14)42-26-23(37)20(34)16(33)13-40-26/h15-27,32-38H,1,4-13H2,2-3H3/t15-,16+,17-,18+,19+,20+,21-,22+,23-,24-,25-,26+,27+,29-,30-,31-/m1/s1. The molecule has 244 valence electrons. The second-order valence-corrected chi connectivity index (χ2v) is 14.6. The Hall–Kier alpha value is -1.19. The quantitative estimate of drug-likeness (QED) is 0.159. The molecular weight excluding hydrogens is 564 g/mol. The molecule has 12 nitrogen and oxygen atoms in total. The Morgan fingerprint density at radius 3 is 2.35 bits per heavy atom. The topological polar surface area (TPSA) is 196 Å². The van der Waals surface area contributed by atoms with Gasteiger partial charge in [0.1, 0.15) is 42.7 Å². The smallest absolute Gasteiger partial charge is 0.314 e. The zero-order valence-electron chi connectivity index (χ0n) is 25.0. The number of fused-ring (bicyclic) bond motifs is 3. The van der Waals surface area contributed by atoms with E-state index in [-0.39, 0.29) is 35.2 Å². The van der Waals surface area contributed by atoms with Gasteiger partial charge in [0.15, 0.2) is 6.29 Å². The number of carbonyl (C=O) groups is 1. The van der Waals surface area contributed by atoms with Crippen LogP contribution in [0.2, 0.25) is 0 Å². The van der Waals surface area contributed by atoms with E-state index in [0.717, 1.165) is 44.1 Å². The highest BCUT2D eigenvalue weighted by molar-refractivity contribution is 5.77. The van der Waals surface area contributed by atoms with Crippen LogP contribution in [0, 0.1) is 34.0 Å². The number of rotatable bonds is 5. The van der Waals surface area contributed by atoms with Gasteiger partial charge in [-0.1, -0.05) is 19.9 Å². The molecule has 16 atom stereocenters.